The largest absolute Gasteiger partial charge is 0.0767 e. The van der Waals surface area contributed by atoms with Crippen molar-refractivity contribution in [3.8, 4) is 33.4 Å². The highest BCUT2D eigenvalue weighted by molar-refractivity contribution is 6.12. The van der Waals surface area contributed by atoms with Crippen molar-refractivity contribution < 1.29 is 0 Å². The lowest BCUT2D eigenvalue weighted by Crippen LogP contribution is -2.15. The monoisotopic (exact) mass is 702 g/mol. The van der Waals surface area contributed by atoms with Crippen molar-refractivity contribution in [2.24, 2.45) is 5.92 Å². The second kappa shape index (κ2) is 12.4. The van der Waals surface area contributed by atoms with Crippen LogP contribution in [-0.2, 0) is 11.8 Å². The first-order chi connectivity index (χ1) is 27.0. The number of fused-ring (bicyclic) bond motifs is 7. The molecule has 0 saturated heterocycles. The molecule has 0 radical (unpaired) electrons. The zero-order chi connectivity index (χ0) is 36.7. The minimum Gasteiger partial charge on any atom is -0.0767 e. The zero-order valence-electron chi connectivity index (χ0n) is 31.4. The molecule has 0 amide bonds. The van der Waals surface area contributed by atoms with E-state index in [9.17, 15) is 0 Å². The Balaban J connectivity index is 1.14. The predicted molar refractivity (Wildman–Crippen MR) is 235 cm³/mol. The topological polar surface area (TPSA) is 0 Å². The first-order valence-electron chi connectivity index (χ1n) is 19.9. The molecule has 55 heavy (non-hydrogen) atoms. The summed E-state index contributed by atoms with van der Waals surface area (Å²) < 4.78 is 0. The van der Waals surface area contributed by atoms with Crippen LogP contribution in [0.2, 0.25) is 0 Å². The third-order valence-corrected chi connectivity index (χ3v) is 12.9. The summed E-state index contributed by atoms with van der Waals surface area (Å²) in [6, 6.07) is 50.5. The lowest BCUT2D eigenvalue weighted by atomic mass is 9.76. The Hall–Kier alpha value is -6.24. The van der Waals surface area contributed by atoms with E-state index in [0.717, 1.165) is 19.3 Å². The summed E-state index contributed by atoms with van der Waals surface area (Å²) in [5, 5.41) is 5.22. The van der Waals surface area contributed by atoms with Gasteiger partial charge in [-0.25, -0.2) is 0 Å². The van der Waals surface area contributed by atoms with Crippen molar-refractivity contribution in [3.05, 3.63) is 209 Å². The Labute approximate surface area is 324 Å². The molecule has 7 aromatic carbocycles. The molecule has 0 N–H and O–H groups in total. The Morgan fingerprint density at radius 2 is 1.29 bits per heavy atom. The van der Waals surface area contributed by atoms with Crippen LogP contribution in [0.15, 0.2) is 175 Å². The summed E-state index contributed by atoms with van der Waals surface area (Å²) in [5.74, 6) is 0.484. The van der Waals surface area contributed by atoms with Gasteiger partial charge in [0.2, 0.25) is 0 Å². The molecule has 1 atom stereocenters. The molecule has 262 valence electrons. The highest BCUT2D eigenvalue weighted by Gasteiger charge is 2.36. The van der Waals surface area contributed by atoms with Crippen LogP contribution >= 0.6 is 0 Å². The maximum absolute atomic E-state index is 2.54. The maximum atomic E-state index is 2.54. The molecule has 4 aliphatic carbocycles. The van der Waals surface area contributed by atoms with Gasteiger partial charge in [0.15, 0.2) is 0 Å². The average molecular weight is 703 g/mol. The predicted octanol–water partition coefficient (Wildman–Crippen LogP) is 14.6. The summed E-state index contributed by atoms with van der Waals surface area (Å²) in [6.45, 7) is 4.78. The van der Waals surface area contributed by atoms with Gasteiger partial charge in [0, 0.05) is 11.3 Å². The zero-order valence-corrected chi connectivity index (χ0v) is 31.4. The van der Waals surface area contributed by atoms with Crippen LogP contribution in [0.5, 0.6) is 0 Å². The van der Waals surface area contributed by atoms with Crippen molar-refractivity contribution in [2.45, 2.75) is 38.5 Å². The van der Waals surface area contributed by atoms with E-state index in [1.807, 2.05) is 0 Å². The van der Waals surface area contributed by atoms with Crippen LogP contribution in [0, 0.1) is 5.92 Å². The summed E-state index contributed by atoms with van der Waals surface area (Å²) >= 11 is 0. The van der Waals surface area contributed by atoms with E-state index in [0.29, 0.717) is 5.92 Å². The lowest BCUT2D eigenvalue weighted by Gasteiger charge is -2.27. The number of hydrogen-bond donors (Lipinski definition) is 0. The highest BCUT2D eigenvalue weighted by atomic mass is 14.4. The summed E-state index contributed by atoms with van der Waals surface area (Å²) in [7, 11) is 0. The fourth-order valence-corrected chi connectivity index (χ4v) is 10.1. The minimum atomic E-state index is -0.0613. The van der Waals surface area contributed by atoms with E-state index < -0.39 is 0 Å². The maximum Gasteiger partial charge on any atom is 0.0159 e. The van der Waals surface area contributed by atoms with Gasteiger partial charge < -0.3 is 0 Å². The summed E-state index contributed by atoms with van der Waals surface area (Å²) in [5.41, 5.74) is 20.4. The third-order valence-electron chi connectivity index (χ3n) is 12.9. The van der Waals surface area contributed by atoms with Gasteiger partial charge in [0.05, 0.1) is 0 Å². The van der Waals surface area contributed by atoms with Crippen molar-refractivity contribution in [1.29, 1.82) is 0 Å². The number of hydrogen-bond acceptors (Lipinski definition) is 0. The van der Waals surface area contributed by atoms with Crippen molar-refractivity contribution in [3.63, 3.8) is 0 Å². The molecular formula is C55H42. The molecule has 0 fully saturated rings. The number of rotatable bonds is 4. The molecule has 0 aliphatic heterocycles. The van der Waals surface area contributed by atoms with Crippen LogP contribution in [0.3, 0.4) is 0 Å². The molecule has 0 bridgehead atoms. The lowest BCUT2D eigenvalue weighted by molar-refractivity contribution is 0.660. The molecule has 4 aliphatic rings. The summed E-state index contributed by atoms with van der Waals surface area (Å²) in [6.07, 6.45) is 19.4. The van der Waals surface area contributed by atoms with E-state index in [1.54, 1.807) is 0 Å². The Morgan fingerprint density at radius 1 is 0.545 bits per heavy atom. The summed E-state index contributed by atoms with van der Waals surface area (Å²) in [4.78, 5) is 0. The fourth-order valence-electron chi connectivity index (χ4n) is 10.1. The number of benzene rings is 7. The van der Waals surface area contributed by atoms with E-state index in [2.05, 4.69) is 190 Å². The highest BCUT2D eigenvalue weighted by Crippen LogP contribution is 2.52. The van der Waals surface area contributed by atoms with Gasteiger partial charge in [0.1, 0.15) is 0 Å². The van der Waals surface area contributed by atoms with Crippen LogP contribution in [0.1, 0.15) is 60.1 Å². The molecule has 0 heterocycles. The van der Waals surface area contributed by atoms with Crippen molar-refractivity contribution >= 4 is 38.8 Å². The molecule has 0 saturated carbocycles. The normalized spacial score (nSPS) is 17.6. The van der Waals surface area contributed by atoms with Crippen molar-refractivity contribution in [2.75, 3.05) is 0 Å². The van der Waals surface area contributed by atoms with E-state index in [1.165, 1.54) is 105 Å². The first kappa shape index (κ1) is 32.2. The van der Waals surface area contributed by atoms with Gasteiger partial charge in [-0.2, -0.15) is 0 Å². The molecule has 0 nitrogen and oxygen atoms in total. The Kier molecular flexibility index (Phi) is 7.26. The van der Waals surface area contributed by atoms with Crippen LogP contribution < -0.4 is 0 Å². The van der Waals surface area contributed by atoms with Gasteiger partial charge >= 0.3 is 0 Å². The smallest absolute Gasteiger partial charge is 0.0159 e. The van der Waals surface area contributed by atoms with Gasteiger partial charge in [-0.1, -0.05) is 172 Å². The van der Waals surface area contributed by atoms with E-state index >= 15 is 0 Å². The Morgan fingerprint density at radius 3 is 2.20 bits per heavy atom. The van der Waals surface area contributed by atoms with Gasteiger partial charge in [0.25, 0.3) is 0 Å². The molecule has 1 unspecified atom stereocenters. The molecule has 0 spiro atoms. The van der Waals surface area contributed by atoms with Crippen LogP contribution in [-0.4, -0.2) is 0 Å². The quantitative estimate of drug-likeness (QED) is 0.171. The van der Waals surface area contributed by atoms with Gasteiger partial charge in [-0.05, 0) is 142 Å². The van der Waals surface area contributed by atoms with Gasteiger partial charge in [-0.15, -0.1) is 0 Å². The standard InChI is InChI=1S/C55H42/c1-55(2)51-21-10-9-18-45(51)46-28-27-44(34-52(46)55)53-47-19-7-8-20-48(47)54(43-17-11-16-39(32-43)40-24-22-35-12-3-5-14-37(35)30-40)50-33-42(26-29-49(50)53)41-25-23-36-13-4-6-15-38(36)31-41/h3-21,23-25,27-28,30-35H,22,26,29H2,1-2H3. The van der Waals surface area contributed by atoms with E-state index in [-0.39, 0.29) is 5.41 Å². The average Bonchev–Trinajstić information content (AvgIpc) is 3.47. The SMILES string of the molecule is CC1(C)c2ccccc2-c2ccc(-c3c4c(c(-c5cccc(C6=CCC7C=CC=CC7=C6)c5)c5ccccc35)C=C(c3ccc5ccccc5c3)CC4)cc21. The second-order valence-electron chi connectivity index (χ2n) is 16.3. The van der Waals surface area contributed by atoms with Crippen molar-refractivity contribution in [1.82, 2.24) is 0 Å². The molecule has 0 heteroatoms. The molecular weight excluding hydrogens is 661 g/mol. The minimum absolute atomic E-state index is 0.0613. The van der Waals surface area contributed by atoms with Crippen LogP contribution in [0.25, 0.3) is 72.1 Å². The Bertz CT molecular complexity index is 2920. The molecule has 7 aromatic rings. The molecule has 11 rings (SSSR count). The third kappa shape index (κ3) is 5.12. The fraction of sp³-hybridized carbons (Fsp3) is 0.127. The second-order valence-corrected chi connectivity index (χ2v) is 16.3. The van der Waals surface area contributed by atoms with Crippen LogP contribution in [0.4, 0.5) is 0 Å². The van der Waals surface area contributed by atoms with Gasteiger partial charge in [-0.3, -0.25) is 0 Å². The number of allylic oxidation sites excluding steroid dienone is 9. The van der Waals surface area contributed by atoms with E-state index in [4.69, 9.17) is 0 Å². The first-order valence-corrected chi connectivity index (χ1v) is 19.9. The molecule has 0 aromatic heterocycles.